The zero-order valence-corrected chi connectivity index (χ0v) is 15.1. The second kappa shape index (κ2) is 8.68. The molecular weight excluding hydrogens is 312 g/mol. The maximum Gasteiger partial charge on any atom is 0.330 e. The molecule has 1 heterocycles. The second-order valence-corrected chi connectivity index (χ2v) is 6.49. The Labute approximate surface area is 141 Å². The van der Waals surface area contributed by atoms with Crippen molar-refractivity contribution in [1.29, 1.82) is 0 Å². The Balaban J connectivity index is 3.43. The third-order valence-corrected chi connectivity index (χ3v) is 3.52. The van der Waals surface area contributed by atoms with Crippen molar-refractivity contribution >= 4 is 17.4 Å². The molecule has 8 nitrogen and oxygen atoms in total. The van der Waals surface area contributed by atoms with Crippen molar-refractivity contribution in [3.05, 3.63) is 20.8 Å². The van der Waals surface area contributed by atoms with Crippen molar-refractivity contribution in [3.63, 3.8) is 0 Å². The smallest absolute Gasteiger partial charge is 0.330 e. The molecular formula is C16H28N4O4. The highest BCUT2D eigenvalue weighted by atomic mass is 16.5. The summed E-state index contributed by atoms with van der Waals surface area (Å²) < 4.78 is 6.32. The lowest BCUT2D eigenvalue weighted by molar-refractivity contribution is -0.121. The number of methoxy groups -OCH3 is 1. The SMILES string of the molecule is COCCCN(C(=O)C(C)C)c1c(N)n(CC(C)C)c(=O)[nH]c1=O. The summed E-state index contributed by atoms with van der Waals surface area (Å²) in [5.74, 6) is -0.356. The van der Waals surface area contributed by atoms with E-state index in [4.69, 9.17) is 10.5 Å². The molecule has 0 spiro atoms. The highest BCUT2D eigenvalue weighted by molar-refractivity contribution is 5.96. The number of nitrogens with two attached hydrogens (primary N) is 1. The van der Waals surface area contributed by atoms with Gasteiger partial charge in [0.15, 0.2) is 5.69 Å². The molecule has 0 aliphatic heterocycles. The number of hydrogen-bond acceptors (Lipinski definition) is 5. The van der Waals surface area contributed by atoms with E-state index in [9.17, 15) is 14.4 Å². The first-order valence-corrected chi connectivity index (χ1v) is 8.13. The van der Waals surface area contributed by atoms with Crippen LogP contribution in [0.15, 0.2) is 9.59 Å². The molecule has 0 aliphatic carbocycles. The van der Waals surface area contributed by atoms with Gasteiger partial charge in [-0.15, -0.1) is 0 Å². The number of carbonyl (C=O) groups is 1. The summed E-state index contributed by atoms with van der Waals surface area (Å²) in [6, 6.07) is 0. The van der Waals surface area contributed by atoms with Crippen LogP contribution in [0.5, 0.6) is 0 Å². The largest absolute Gasteiger partial charge is 0.385 e. The van der Waals surface area contributed by atoms with Gasteiger partial charge in [0.25, 0.3) is 5.56 Å². The number of carbonyl (C=O) groups excluding carboxylic acids is 1. The minimum atomic E-state index is -0.649. The van der Waals surface area contributed by atoms with Crippen LogP contribution in [0.3, 0.4) is 0 Å². The molecule has 0 atom stereocenters. The Morgan fingerprint density at radius 2 is 1.92 bits per heavy atom. The molecule has 0 saturated carbocycles. The monoisotopic (exact) mass is 340 g/mol. The van der Waals surface area contributed by atoms with E-state index in [0.717, 1.165) is 0 Å². The van der Waals surface area contributed by atoms with E-state index in [0.29, 0.717) is 19.6 Å². The van der Waals surface area contributed by atoms with E-state index in [1.807, 2.05) is 13.8 Å². The number of ether oxygens (including phenoxy) is 1. The predicted molar refractivity (Wildman–Crippen MR) is 94.3 cm³/mol. The number of hydrogen-bond donors (Lipinski definition) is 2. The van der Waals surface area contributed by atoms with Crippen LogP contribution in [0.4, 0.5) is 11.5 Å². The van der Waals surface area contributed by atoms with Gasteiger partial charge in [0.2, 0.25) is 5.91 Å². The summed E-state index contributed by atoms with van der Waals surface area (Å²) in [6.45, 7) is 8.47. The molecule has 1 aromatic rings. The van der Waals surface area contributed by atoms with Crippen molar-refractivity contribution in [1.82, 2.24) is 9.55 Å². The average Bonchev–Trinajstić information content (AvgIpc) is 2.48. The quantitative estimate of drug-likeness (QED) is 0.680. The zero-order chi connectivity index (χ0) is 18.4. The molecule has 0 bridgehead atoms. The molecule has 1 amide bonds. The van der Waals surface area contributed by atoms with Gasteiger partial charge in [0.1, 0.15) is 5.82 Å². The van der Waals surface area contributed by atoms with Gasteiger partial charge in [-0.25, -0.2) is 4.79 Å². The zero-order valence-electron chi connectivity index (χ0n) is 15.1. The molecule has 136 valence electrons. The minimum absolute atomic E-state index is 0.0175. The Kier molecular flexibility index (Phi) is 7.21. The molecule has 0 fully saturated rings. The third-order valence-electron chi connectivity index (χ3n) is 3.52. The third kappa shape index (κ3) is 4.70. The summed E-state index contributed by atoms with van der Waals surface area (Å²) in [4.78, 5) is 40.5. The number of aromatic amines is 1. The Morgan fingerprint density at radius 1 is 1.29 bits per heavy atom. The van der Waals surface area contributed by atoms with Crippen LogP contribution < -0.4 is 21.9 Å². The highest BCUT2D eigenvalue weighted by Gasteiger charge is 2.25. The molecule has 0 aromatic carbocycles. The van der Waals surface area contributed by atoms with E-state index in [1.165, 1.54) is 9.47 Å². The topological polar surface area (TPSA) is 110 Å². The van der Waals surface area contributed by atoms with E-state index < -0.39 is 11.2 Å². The van der Waals surface area contributed by atoms with E-state index in [1.54, 1.807) is 21.0 Å². The molecule has 24 heavy (non-hydrogen) atoms. The van der Waals surface area contributed by atoms with Crippen LogP contribution in [0.1, 0.15) is 34.1 Å². The molecule has 3 N–H and O–H groups in total. The second-order valence-electron chi connectivity index (χ2n) is 6.49. The molecule has 0 aliphatic rings. The number of anilines is 2. The summed E-state index contributed by atoms with van der Waals surface area (Å²) in [6.07, 6.45) is 0.553. The number of aromatic nitrogens is 2. The van der Waals surface area contributed by atoms with Gasteiger partial charge in [0.05, 0.1) is 0 Å². The number of nitrogens with one attached hydrogen (secondary N) is 1. The summed E-state index contributed by atoms with van der Waals surface area (Å²) >= 11 is 0. The van der Waals surface area contributed by atoms with Crippen molar-refractivity contribution < 1.29 is 9.53 Å². The van der Waals surface area contributed by atoms with Crippen molar-refractivity contribution in [3.8, 4) is 0 Å². The van der Waals surface area contributed by atoms with Crippen LogP contribution in [0.2, 0.25) is 0 Å². The number of nitrogens with zero attached hydrogens (tertiary/aromatic N) is 2. The Hall–Kier alpha value is -2.09. The fourth-order valence-corrected chi connectivity index (χ4v) is 2.40. The van der Waals surface area contributed by atoms with Gasteiger partial charge in [-0.2, -0.15) is 0 Å². The number of nitrogen functional groups attached to an aromatic ring is 1. The van der Waals surface area contributed by atoms with Crippen molar-refractivity contribution in [2.45, 2.75) is 40.7 Å². The highest BCUT2D eigenvalue weighted by Crippen LogP contribution is 2.20. The predicted octanol–water partition coefficient (Wildman–Crippen LogP) is 0.800. The molecule has 1 aromatic heterocycles. The average molecular weight is 340 g/mol. The van der Waals surface area contributed by atoms with Crippen LogP contribution in [0.25, 0.3) is 0 Å². The van der Waals surface area contributed by atoms with Crippen molar-refractivity contribution in [2.75, 3.05) is 30.9 Å². The lowest BCUT2D eigenvalue weighted by Gasteiger charge is -2.26. The van der Waals surface area contributed by atoms with E-state index in [2.05, 4.69) is 4.98 Å². The van der Waals surface area contributed by atoms with Gasteiger partial charge in [-0.1, -0.05) is 27.7 Å². The lowest BCUT2D eigenvalue weighted by Crippen LogP contribution is -2.43. The van der Waals surface area contributed by atoms with Crippen LogP contribution >= 0.6 is 0 Å². The first-order chi connectivity index (χ1) is 11.2. The number of H-pyrrole nitrogens is 1. The Bertz CT molecular complexity index is 676. The number of rotatable bonds is 8. The molecule has 0 saturated heterocycles. The van der Waals surface area contributed by atoms with Crippen LogP contribution in [-0.4, -0.2) is 35.7 Å². The van der Waals surface area contributed by atoms with Crippen molar-refractivity contribution in [2.24, 2.45) is 11.8 Å². The van der Waals surface area contributed by atoms with E-state index >= 15 is 0 Å². The maximum atomic E-state index is 12.5. The summed E-state index contributed by atoms with van der Waals surface area (Å²) in [5, 5.41) is 0. The minimum Gasteiger partial charge on any atom is -0.385 e. The normalized spacial score (nSPS) is 11.3. The first kappa shape index (κ1) is 20.0. The van der Waals surface area contributed by atoms with Gasteiger partial charge < -0.3 is 15.4 Å². The van der Waals surface area contributed by atoms with Crippen LogP contribution in [-0.2, 0) is 16.1 Å². The molecule has 8 heteroatoms. The summed E-state index contributed by atoms with van der Waals surface area (Å²) in [7, 11) is 1.57. The molecule has 0 unspecified atom stereocenters. The van der Waals surface area contributed by atoms with E-state index in [-0.39, 0.29) is 35.8 Å². The first-order valence-electron chi connectivity index (χ1n) is 8.13. The fourth-order valence-electron chi connectivity index (χ4n) is 2.40. The van der Waals surface area contributed by atoms with Gasteiger partial charge >= 0.3 is 5.69 Å². The summed E-state index contributed by atoms with van der Waals surface area (Å²) in [5.41, 5.74) is 4.91. The van der Waals surface area contributed by atoms with Gasteiger partial charge in [-0.05, 0) is 12.3 Å². The standard InChI is InChI=1S/C16H28N4O4/c1-10(2)9-20-13(17)12(14(21)18-16(20)23)19(7-6-8-24-5)15(22)11(3)4/h10-11H,6-9,17H2,1-5H3,(H,18,21,23). The molecule has 0 radical (unpaired) electrons. The van der Waals surface area contributed by atoms with Crippen LogP contribution in [0, 0.1) is 11.8 Å². The maximum absolute atomic E-state index is 12.5. The number of amides is 1. The van der Waals surface area contributed by atoms with Gasteiger partial charge in [-0.3, -0.25) is 19.1 Å². The molecule has 1 rings (SSSR count). The fraction of sp³-hybridized carbons (Fsp3) is 0.688. The van der Waals surface area contributed by atoms with Gasteiger partial charge in [0, 0.05) is 32.7 Å². The lowest BCUT2D eigenvalue weighted by atomic mass is 10.1. The Morgan fingerprint density at radius 3 is 2.42 bits per heavy atom.